The number of nitrogens with one attached hydrogen (secondary N) is 2. The summed E-state index contributed by atoms with van der Waals surface area (Å²) in [5.41, 5.74) is 2.56. The van der Waals surface area contributed by atoms with Crippen LogP contribution in [0.2, 0.25) is 0 Å². The first kappa shape index (κ1) is 28.9. The van der Waals surface area contributed by atoms with Gasteiger partial charge in [-0.15, -0.1) is 5.10 Å². The summed E-state index contributed by atoms with van der Waals surface area (Å²) < 4.78 is 32.0. The van der Waals surface area contributed by atoms with Gasteiger partial charge in [0.25, 0.3) is 0 Å². The second-order valence-electron chi connectivity index (χ2n) is 9.53. The minimum absolute atomic E-state index is 0.149. The Hall–Kier alpha value is -4.59. The molecule has 2 amide bonds. The Morgan fingerprint density at radius 3 is 2.69 bits per heavy atom. The lowest BCUT2D eigenvalue weighted by Crippen LogP contribution is -2.42. The summed E-state index contributed by atoms with van der Waals surface area (Å²) in [6.07, 6.45) is 2.38. The Morgan fingerprint density at radius 2 is 1.93 bits per heavy atom. The molecule has 4 aromatic rings. The van der Waals surface area contributed by atoms with E-state index in [1.165, 1.54) is 12.3 Å². The molecular formula is C29H32FN7O5. The number of aromatic nitrogens is 4. The van der Waals surface area contributed by atoms with Crippen molar-refractivity contribution < 1.29 is 28.2 Å². The summed E-state index contributed by atoms with van der Waals surface area (Å²) in [4.78, 5) is 27.4. The van der Waals surface area contributed by atoms with Crippen LogP contribution >= 0.6 is 0 Å². The average molecular weight is 578 g/mol. The SMILES string of the molecule is COCCN1C[C@@H](NC(=O)Nc2c(C)c(OCc3cc(OC)ccn3)nn2-c2ccccc2)[C@H](c2ccnc(F)c2)O1. The van der Waals surface area contributed by atoms with Gasteiger partial charge < -0.3 is 19.5 Å². The molecule has 13 heteroatoms. The van der Waals surface area contributed by atoms with Crippen molar-refractivity contribution in [2.45, 2.75) is 25.7 Å². The molecule has 0 unspecified atom stereocenters. The van der Waals surface area contributed by atoms with Crippen molar-refractivity contribution in [1.29, 1.82) is 0 Å². The molecule has 1 aromatic carbocycles. The third-order valence-corrected chi connectivity index (χ3v) is 6.66. The number of para-hydroxylation sites is 1. The number of methoxy groups -OCH3 is 2. The van der Waals surface area contributed by atoms with Gasteiger partial charge in [-0.3, -0.25) is 15.1 Å². The molecule has 0 spiro atoms. The molecule has 2 atom stereocenters. The molecule has 42 heavy (non-hydrogen) atoms. The van der Waals surface area contributed by atoms with Gasteiger partial charge in [-0.05, 0) is 42.8 Å². The lowest BCUT2D eigenvalue weighted by molar-refractivity contribution is -0.154. The van der Waals surface area contributed by atoms with Gasteiger partial charge in [-0.25, -0.2) is 14.5 Å². The van der Waals surface area contributed by atoms with Crippen LogP contribution in [0.15, 0.2) is 67.0 Å². The lowest BCUT2D eigenvalue weighted by atomic mass is 10.0. The van der Waals surface area contributed by atoms with Crippen LogP contribution < -0.4 is 20.1 Å². The number of hydroxylamine groups is 2. The van der Waals surface area contributed by atoms with Crippen LogP contribution in [0, 0.1) is 12.9 Å². The number of carbonyl (C=O) groups excluding carboxylic acids is 1. The molecule has 1 saturated heterocycles. The van der Waals surface area contributed by atoms with E-state index in [2.05, 4.69) is 25.7 Å². The number of benzene rings is 1. The van der Waals surface area contributed by atoms with Crippen molar-refractivity contribution in [2.75, 3.05) is 39.2 Å². The molecule has 2 N–H and O–H groups in total. The van der Waals surface area contributed by atoms with Crippen LogP contribution in [-0.2, 0) is 16.2 Å². The van der Waals surface area contributed by atoms with E-state index in [1.54, 1.807) is 48.4 Å². The number of anilines is 1. The lowest BCUT2D eigenvalue weighted by Gasteiger charge is -2.19. The Labute approximate surface area is 242 Å². The zero-order chi connectivity index (χ0) is 29.5. The molecule has 1 fully saturated rings. The monoisotopic (exact) mass is 577 g/mol. The molecule has 0 aliphatic carbocycles. The Kier molecular flexibility index (Phi) is 9.21. The normalized spacial score (nSPS) is 16.8. The van der Waals surface area contributed by atoms with Gasteiger partial charge in [0.2, 0.25) is 11.8 Å². The van der Waals surface area contributed by atoms with Crippen molar-refractivity contribution in [3.8, 4) is 17.3 Å². The van der Waals surface area contributed by atoms with Crippen LogP contribution in [0.1, 0.15) is 22.9 Å². The Morgan fingerprint density at radius 1 is 1.12 bits per heavy atom. The van der Waals surface area contributed by atoms with Gasteiger partial charge >= 0.3 is 6.03 Å². The Balaban J connectivity index is 1.36. The maximum Gasteiger partial charge on any atom is 0.320 e. The van der Waals surface area contributed by atoms with E-state index in [9.17, 15) is 9.18 Å². The number of halogens is 1. The number of carbonyl (C=O) groups is 1. The highest BCUT2D eigenvalue weighted by atomic mass is 19.1. The third kappa shape index (κ3) is 6.82. The fourth-order valence-electron chi connectivity index (χ4n) is 4.57. The minimum Gasteiger partial charge on any atom is -0.497 e. The average Bonchev–Trinajstić information content (AvgIpc) is 3.55. The summed E-state index contributed by atoms with van der Waals surface area (Å²) in [6.45, 7) is 3.23. The van der Waals surface area contributed by atoms with E-state index in [0.717, 1.165) is 5.69 Å². The predicted octanol–water partition coefficient (Wildman–Crippen LogP) is 3.82. The number of pyridine rings is 2. The summed E-state index contributed by atoms with van der Waals surface area (Å²) in [5.74, 6) is 0.792. The summed E-state index contributed by atoms with van der Waals surface area (Å²) in [6, 6.07) is 14.9. The van der Waals surface area contributed by atoms with E-state index in [1.807, 2.05) is 37.3 Å². The van der Waals surface area contributed by atoms with Gasteiger partial charge in [0.15, 0.2) is 0 Å². The molecule has 5 rings (SSSR count). The standard InChI is InChI=1S/C29H32FN7O5/c1-19-27(34-29(38)33-24-17-36(13-14-39-2)42-26(24)20-9-11-32-25(30)15-20)37(22-7-5-4-6-8-22)35-28(19)41-18-21-16-23(40-3)10-12-31-21/h4-12,15-16,24,26H,13-14,17-18H2,1-3H3,(H2,33,34,38)/t24-,26+/m1/s1. The van der Waals surface area contributed by atoms with Gasteiger partial charge in [0.05, 0.1) is 36.7 Å². The maximum absolute atomic E-state index is 13.9. The first-order valence-electron chi connectivity index (χ1n) is 13.3. The zero-order valence-corrected chi connectivity index (χ0v) is 23.5. The summed E-state index contributed by atoms with van der Waals surface area (Å²) >= 11 is 0. The van der Waals surface area contributed by atoms with Crippen LogP contribution in [-0.4, -0.2) is 70.8 Å². The molecule has 0 bridgehead atoms. The van der Waals surface area contributed by atoms with Crippen molar-refractivity contribution in [3.05, 3.63) is 89.8 Å². The predicted molar refractivity (Wildman–Crippen MR) is 151 cm³/mol. The number of nitrogens with zero attached hydrogens (tertiary/aromatic N) is 5. The number of hydrogen-bond donors (Lipinski definition) is 2. The smallest absolute Gasteiger partial charge is 0.320 e. The number of amides is 2. The summed E-state index contributed by atoms with van der Waals surface area (Å²) in [7, 11) is 3.18. The van der Waals surface area contributed by atoms with Crippen LogP contribution in [0.3, 0.4) is 0 Å². The molecule has 0 radical (unpaired) electrons. The molecule has 12 nitrogen and oxygen atoms in total. The van der Waals surface area contributed by atoms with Crippen LogP contribution in [0.25, 0.3) is 5.69 Å². The molecular weight excluding hydrogens is 545 g/mol. The number of rotatable bonds is 11. The third-order valence-electron chi connectivity index (χ3n) is 6.66. The second-order valence-corrected chi connectivity index (χ2v) is 9.53. The van der Waals surface area contributed by atoms with Crippen LogP contribution in [0.4, 0.5) is 15.0 Å². The Bertz CT molecular complexity index is 1500. The largest absolute Gasteiger partial charge is 0.497 e. The highest BCUT2D eigenvalue weighted by Gasteiger charge is 2.37. The first-order valence-corrected chi connectivity index (χ1v) is 13.3. The van der Waals surface area contributed by atoms with Crippen LogP contribution in [0.5, 0.6) is 11.6 Å². The highest BCUT2D eigenvalue weighted by Crippen LogP contribution is 2.31. The van der Waals surface area contributed by atoms with Gasteiger partial charge in [-0.1, -0.05) is 18.2 Å². The fourth-order valence-corrected chi connectivity index (χ4v) is 4.57. The molecule has 4 heterocycles. The molecule has 0 saturated carbocycles. The highest BCUT2D eigenvalue weighted by molar-refractivity contribution is 5.90. The number of ether oxygens (including phenoxy) is 3. The van der Waals surface area contributed by atoms with Gasteiger partial charge in [0.1, 0.15) is 24.3 Å². The fraction of sp³-hybridized carbons (Fsp3) is 0.310. The second kappa shape index (κ2) is 13.4. The van der Waals surface area contributed by atoms with Gasteiger partial charge in [-0.2, -0.15) is 9.45 Å². The number of urea groups is 1. The number of hydrogen-bond acceptors (Lipinski definition) is 9. The zero-order valence-electron chi connectivity index (χ0n) is 23.5. The first-order chi connectivity index (χ1) is 20.4. The minimum atomic E-state index is -0.631. The summed E-state index contributed by atoms with van der Waals surface area (Å²) in [5, 5.41) is 12.2. The molecule has 1 aliphatic heterocycles. The van der Waals surface area contributed by atoms with E-state index < -0.39 is 24.1 Å². The molecule has 1 aliphatic rings. The van der Waals surface area contributed by atoms with E-state index in [0.29, 0.717) is 54.0 Å². The molecule has 220 valence electrons. The van der Waals surface area contributed by atoms with Crippen molar-refractivity contribution in [3.63, 3.8) is 0 Å². The van der Waals surface area contributed by atoms with E-state index >= 15 is 0 Å². The van der Waals surface area contributed by atoms with E-state index in [4.69, 9.17) is 19.0 Å². The van der Waals surface area contributed by atoms with Gasteiger partial charge in [0, 0.05) is 38.7 Å². The van der Waals surface area contributed by atoms with Crippen molar-refractivity contribution in [2.24, 2.45) is 0 Å². The van der Waals surface area contributed by atoms with E-state index in [-0.39, 0.29) is 6.61 Å². The van der Waals surface area contributed by atoms with Crippen molar-refractivity contribution in [1.82, 2.24) is 30.1 Å². The maximum atomic E-state index is 13.9. The van der Waals surface area contributed by atoms with Crippen molar-refractivity contribution >= 4 is 11.8 Å². The quantitative estimate of drug-likeness (QED) is 0.256. The molecule has 3 aromatic heterocycles. The topological polar surface area (TPSA) is 125 Å².